The Morgan fingerprint density at radius 1 is 1.00 bits per heavy atom. The van der Waals surface area contributed by atoms with Crippen molar-refractivity contribution < 1.29 is 14.6 Å². The molecule has 2 N–H and O–H groups in total. The second-order valence-corrected chi connectivity index (χ2v) is 10.4. The predicted molar refractivity (Wildman–Crippen MR) is 143 cm³/mol. The topological polar surface area (TPSA) is 68.3 Å². The average Bonchev–Trinajstić information content (AvgIpc) is 2.90. The number of carbonyl (C=O) groups is 1. The van der Waals surface area contributed by atoms with Gasteiger partial charge in [0.1, 0.15) is 0 Å². The molecule has 0 aliphatic carbocycles. The van der Waals surface area contributed by atoms with Crippen LogP contribution >= 0.6 is 0 Å². The summed E-state index contributed by atoms with van der Waals surface area (Å²) in [5.74, 6) is 0.0440. The summed E-state index contributed by atoms with van der Waals surface area (Å²) >= 11 is 0. The van der Waals surface area contributed by atoms with Gasteiger partial charge in [-0.05, 0) is 67.6 Å². The van der Waals surface area contributed by atoms with Crippen LogP contribution in [0, 0.1) is 0 Å². The van der Waals surface area contributed by atoms with Gasteiger partial charge in [0, 0.05) is 63.6 Å². The lowest BCUT2D eigenvalue weighted by atomic mass is 9.96. The number of aliphatic hydroxyl groups excluding tert-OH is 1. The van der Waals surface area contributed by atoms with Crippen molar-refractivity contribution in [2.45, 2.75) is 44.4 Å². The second-order valence-electron chi connectivity index (χ2n) is 10.4. The van der Waals surface area contributed by atoms with Crippen LogP contribution in [0.1, 0.15) is 39.9 Å². The highest BCUT2D eigenvalue weighted by molar-refractivity contribution is 5.97. The summed E-state index contributed by atoms with van der Waals surface area (Å²) in [6.07, 6.45) is 3.72. The predicted octanol–water partition coefficient (Wildman–Crippen LogP) is 2.31. The number of benzene rings is 2. The first-order valence-corrected chi connectivity index (χ1v) is 13.5. The number of fused-ring (bicyclic) bond motifs is 2. The van der Waals surface area contributed by atoms with Crippen molar-refractivity contribution in [1.82, 2.24) is 15.1 Å². The summed E-state index contributed by atoms with van der Waals surface area (Å²) in [6.45, 7) is 7.08. The molecule has 194 valence electrons. The van der Waals surface area contributed by atoms with Gasteiger partial charge in [-0.1, -0.05) is 24.3 Å². The van der Waals surface area contributed by atoms with Crippen molar-refractivity contribution >= 4 is 11.6 Å². The van der Waals surface area contributed by atoms with Crippen molar-refractivity contribution in [1.29, 1.82) is 0 Å². The Morgan fingerprint density at radius 2 is 1.78 bits per heavy atom. The number of amides is 1. The Labute approximate surface area is 215 Å². The van der Waals surface area contributed by atoms with E-state index >= 15 is 0 Å². The zero-order valence-electron chi connectivity index (χ0n) is 21.5. The van der Waals surface area contributed by atoms with Gasteiger partial charge in [0.2, 0.25) is 0 Å². The van der Waals surface area contributed by atoms with E-state index in [-0.39, 0.29) is 5.91 Å². The van der Waals surface area contributed by atoms with Gasteiger partial charge in [0.15, 0.2) is 0 Å². The second kappa shape index (κ2) is 11.7. The van der Waals surface area contributed by atoms with E-state index in [1.165, 1.54) is 16.8 Å². The number of piperidine rings is 1. The maximum atomic E-state index is 13.2. The third kappa shape index (κ3) is 5.92. The number of ether oxygens (including phenoxy) is 1. The van der Waals surface area contributed by atoms with Crippen LogP contribution in [-0.2, 0) is 24.1 Å². The van der Waals surface area contributed by atoms with E-state index in [9.17, 15) is 9.90 Å². The largest absolute Gasteiger partial charge is 0.390 e. The first-order chi connectivity index (χ1) is 17.6. The molecule has 0 spiro atoms. The number of nitrogens with zero attached hydrogens (tertiary/aromatic N) is 3. The van der Waals surface area contributed by atoms with Crippen LogP contribution in [0.3, 0.4) is 0 Å². The summed E-state index contributed by atoms with van der Waals surface area (Å²) in [6, 6.07) is 14.8. The molecule has 7 heteroatoms. The number of β-amino-alcohol motifs (C(OH)–C–C–N with tert-alkyl or cyclic N) is 1. The molecule has 1 amide bonds. The van der Waals surface area contributed by atoms with Crippen molar-refractivity contribution in [3.8, 4) is 0 Å². The molecule has 2 aromatic rings. The van der Waals surface area contributed by atoms with Gasteiger partial charge >= 0.3 is 0 Å². The molecule has 3 aliphatic heterocycles. The fourth-order valence-corrected chi connectivity index (χ4v) is 5.82. The van der Waals surface area contributed by atoms with E-state index in [4.69, 9.17) is 4.74 Å². The zero-order valence-corrected chi connectivity index (χ0v) is 21.5. The third-order valence-corrected chi connectivity index (χ3v) is 7.88. The van der Waals surface area contributed by atoms with E-state index in [1.54, 1.807) is 0 Å². The number of rotatable bonds is 9. The smallest absolute Gasteiger partial charge is 0.254 e. The minimum Gasteiger partial charge on any atom is -0.390 e. The Bertz CT molecular complexity index is 1040. The molecule has 1 atom stereocenters. The first kappa shape index (κ1) is 25.2. The van der Waals surface area contributed by atoms with E-state index in [1.807, 2.05) is 18.0 Å². The minimum atomic E-state index is -0.545. The lowest BCUT2D eigenvalue weighted by Crippen LogP contribution is -2.46. The molecule has 0 bridgehead atoms. The third-order valence-electron chi connectivity index (χ3n) is 7.88. The Kier molecular flexibility index (Phi) is 8.22. The molecule has 36 heavy (non-hydrogen) atoms. The highest BCUT2D eigenvalue weighted by atomic mass is 16.5. The zero-order chi connectivity index (χ0) is 24.9. The molecule has 2 aromatic carbocycles. The number of carbonyl (C=O) groups excluding carboxylic acids is 1. The van der Waals surface area contributed by atoms with Gasteiger partial charge in [-0.2, -0.15) is 0 Å². The Hall–Kier alpha value is -2.45. The highest BCUT2D eigenvalue weighted by Gasteiger charge is 2.28. The lowest BCUT2D eigenvalue weighted by molar-refractivity contribution is 0.0397. The van der Waals surface area contributed by atoms with E-state index in [0.717, 1.165) is 76.1 Å². The maximum absolute atomic E-state index is 13.2. The molecule has 3 heterocycles. The molecule has 0 radical (unpaired) electrons. The molecule has 1 saturated heterocycles. The molecular formula is C29H40N4O3. The number of hydrogen-bond acceptors (Lipinski definition) is 6. The molecule has 1 fully saturated rings. The molecule has 5 rings (SSSR count). The van der Waals surface area contributed by atoms with Crippen molar-refractivity contribution in [3.63, 3.8) is 0 Å². The van der Waals surface area contributed by atoms with Gasteiger partial charge in [0.25, 0.3) is 5.91 Å². The Morgan fingerprint density at radius 3 is 2.58 bits per heavy atom. The van der Waals surface area contributed by atoms with Crippen molar-refractivity contribution in [2.75, 3.05) is 64.4 Å². The van der Waals surface area contributed by atoms with Crippen LogP contribution in [0.4, 0.5) is 5.69 Å². The van der Waals surface area contributed by atoms with Gasteiger partial charge < -0.3 is 25.0 Å². The van der Waals surface area contributed by atoms with Crippen LogP contribution in [0.5, 0.6) is 0 Å². The van der Waals surface area contributed by atoms with Gasteiger partial charge in [0.05, 0.1) is 18.8 Å². The quantitative estimate of drug-likeness (QED) is 0.524. The van der Waals surface area contributed by atoms with Crippen LogP contribution < -0.4 is 10.2 Å². The Balaban J connectivity index is 1.13. The number of likely N-dealkylation sites (N-methyl/N-ethyl adjacent to an activating group) is 1. The van der Waals surface area contributed by atoms with E-state index in [2.05, 4.69) is 51.5 Å². The van der Waals surface area contributed by atoms with Gasteiger partial charge in [-0.3, -0.25) is 9.69 Å². The van der Waals surface area contributed by atoms with Crippen LogP contribution in [0.25, 0.3) is 0 Å². The summed E-state index contributed by atoms with van der Waals surface area (Å²) in [5, 5.41) is 13.9. The van der Waals surface area contributed by atoms with Crippen molar-refractivity contribution in [2.24, 2.45) is 0 Å². The SMILES string of the molecule is CNCCOC1CCN(c2ccc3c(c2)CCN(CC(O)CN2CCc4ccccc4C2)C3=O)CC1. The molecular weight excluding hydrogens is 452 g/mol. The number of nitrogens with one attached hydrogen (secondary N) is 1. The first-order valence-electron chi connectivity index (χ1n) is 13.5. The molecule has 7 nitrogen and oxygen atoms in total. The average molecular weight is 493 g/mol. The standard InChI is InChI=1S/C29H40N4O3/c1-30-12-17-36-27-10-15-32(16-11-27)25-6-7-28-23(18-25)9-14-33(29(28)35)21-26(34)20-31-13-8-22-4-2-3-5-24(22)19-31/h2-7,18,26-27,30,34H,8-17,19-21H2,1H3. The lowest BCUT2D eigenvalue weighted by Gasteiger charge is -2.36. The summed E-state index contributed by atoms with van der Waals surface area (Å²) in [5.41, 5.74) is 5.87. The van der Waals surface area contributed by atoms with Crippen LogP contribution in [0.15, 0.2) is 42.5 Å². The number of hydrogen-bond donors (Lipinski definition) is 2. The minimum absolute atomic E-state index is 0.0440. The normalized spacial score (nSPS) is 19.8. The van der Waals surface area contributed by atoms with Crippen molar-refractivity contribution in [3.05, 3.63) is 64.7 Å². The number of anilines is 1. The summed E-state index contributed by atoms with van der Waals surface area (Å²) in [7, 11) is 1.95. The van der Waals surface area contributed by atoms with E-state index in [0.29, 0.717) is 25.7 Å². The maximum Gasteiger partial charge on any atom is 0.254 e. The van der Waals surface area contributed by atoms with E-state index < -0.39 is 6.10 Å². The van der Waals surface area contributed by atoms with Gasteiger partial charge in [-0.25, -0.2) is 0 Å². The molecule has 0 saturated carbocycles. The van der Waals surface area contributed by atoms with Crippen LogP contribution in [-0.4, -0.2) is 92.5 Å². The number of aliphatic hydroxyl groups is 1. The summed E-state index contributed by atoms with van der Waals surface area (Å²) in [4.78, 5) is 19.8. The molecule has 3 aliphatic rings. The molecule has 1 unspecified atom stereocenters. The molecule has 0 aromatic heterocycles. The van der Waals surface area contributed by atoms with Crippen LogP contribution in [0.2, 0.25) is 0 Å². The van der Waals surface area contributed by atoms with Gasteiger partial charge in [-0.15, -0.1) is 0 Å². The monoisotopic (exact) mass is 492 g/mol. The fraction of sp³-hybridized carbons (Fsp3) is 0.552. The highest BCUT2D eigenvalue weighted by Crippen LogP contribution is 2.28. The summed E-state index contributed by atoms with van der Waals surface area (Å²) < 4.78 is 5.96. The fourth-order valence-electron chi connectivity index (χ4n) is 5.82.